The minimum atomic E-state index is -0.287. The van der Waals surface area contributed by atoms with E-state index < -0.39 is 0 Å². The van der Waals surface area contributed by atoms with Crippen molar-refractivity contribution >= 4 is 22.4 Å². The summed E-state index contributed by atoms with van der Waals surface area (Å²) >= 11 is 1.54. The first-order chi connectivity index (χ1) is 12.6. The molecule has 0 bridgehead atoms. The Balaban J connectivity index is 1.44. The zero-order valence-corrected chi connectivity index (χ0v) is 15.6. The summed E-state index contributed by atoms with van der Waals surface area (Å²) in [6.07, 6.45) is 0.899. The molecule has 0 spiro atoms. The zero-order chi connectivity index (χ0) is 18.1. The third kappa shape index (κ3) is 3.54. The molecule has 0 atom stereocenters. The number of benzene rings is 1. The molecule has 1 amide bonds. The average molecular weight is 368 g/mol. The monoisotopic (exact) mass is 368 g/mol. The number of rotatable bonds is 4. The van der Waals surface area contributed by atoms with Gasteiger partial charge in [-0.2, -0.15) is 0 Å². The first-order valence-corrected chi connectivity index (χ1v) is 9.40. The second-order valence-electron chi connectivity index (χ2n) is 6.55. The normalized spacial score (nSPS) is 14.2. The van der Waals surface area contributed by atoms with E-state index >= 15 is 0 Å². The van der Waals surface area contributed by atoms with Crippen LogP contribution in [-0.2, 0) is 19.5 Å². The van der Waals surface area contributed by atoms with Gasteiger partial charge in [0.2, 0.25) is 0 Å². The van der Waals surface area contributed by atoms with Crippen molar-refractivity contribution in [3.63, 3.8) is 0 Å². The van der Waals surface area contributed by atoms with E-state index in [9.17, 15) is 4.79 Å². The second kappa shape index (κ2) is 7.01. The van der Waals surface area contributed by atoms with Crippen LogP contribution in [0.1, 0.15) is 37.9 Å². The number of carbonyl (C=O) groups excluding carboxylic acids is 1. The first kappa shape index (κ1) is 16.9. The van der Waals surface area contributed by atoms with Crippen molar-refractivity contribution in [3.05, 3.63) is 63.5 Å². The summed E-state index contributed by atoms with van der Waals surface area (Å²) < 4.78 is 4.95. The number of hydrogen-bond donors (Lipinski definition) is 1. The maximum Gasteiger partial charge on any atom is 0.279 e. The third-order valence-electron chi connectivity index (χ3n) is 4.55. The maximum atomic E-state index is 12.2. The van der Waals surface area contributed by atoms with Crippen molar-refractivity contribution in [2.24, 2.45) is 0 Å². The summed E-state index contributed by atoms with van der Waals surface area (Å²) in [6, 6.07) is 10.1. The molecule has 0 fully saturated rings. The molecule has 1 N–H and O–H groups in total. The highest BCUT2D eigenvalue weighted by Crippen LogP contribution is 2.29. The van der Waals surface area contributed by atoms with Gasteiger partial charge in [-0.1, -0.05) is 29.4 Å². The van der Waals surface area contributed by atoms with Gasteiger partial charge in [0.05, 0.1) is 5.69 Å². The smallest absolute Gasteiger partial charge is 0.279 e. The quantitative estimate of drug-likeness (QED) is 0.762. The fourth-order valence-corrected chi connectivity index (χ4v) is 4.15. The summed E-state index contributed by atoms with van der Waals surface area (Å²) in [5.41, 5.74) is 4.04. The molecule has 6 nitrogen and oxygen atoms in total. The van der Waals surface area contributed by atoms with Crippen LogP contribution in [0.15, 0.2) is 34.9 Å². The standard InChI is InChI=1S/C19H20N4O2S/c1-12-5-3-4-6-14(12)10-23-8-7-15-17(11-23)26-19(20-15)21-18(24)16-9-13(2)25-22-16/h3-6,9H,7-8,10-11H2,1-2H3,(H,20,21,24). The predicted octanol–water partition coefficient (Wildman–Crippen LogP) is 3.56. The number of hydrogen-bond acceptors (Lipinski definition) is 6. The maximum absolute atomic E-state index is 12.2. The third-order valence-corrected chi connectivity index (χ3v) is 5.54. The number of nitrogens with zero attached hydrogens (tertiary/aromatic N) is 3. The number of amides is 1. The Bertz CT molecular complexity index is 947. The van der Waals surface area contributed by atoms with E-state index in [1.54, 1.807) is 24.3 Å². The molecule has 26 heavy (non-hydrogen) atoms. The molecule has 134 valence electrons. The summed E-state index contributed by atoms with van der Waals surface area (Å²) in [4.78, 5) is 20.4. The highest BCUT2D eigenvalue weighted by atomic mass is 32.1. The molecule has 0 aliphatic carbocycles. The van der Waals surface area contributed by atoms with Crippen LogP contribution in [-0.4, -0.2) is 27.5 Å². The fourth-order valence-electron chi connectivity index (χ4n) is 3.10. The van der Waals surface area contributed by atoms with Crippen LogP contribution in [0, 0.1) is 13.8 Å². The molecule has 3 aromatic rings. The zero-order valence-electron chi connectivity index (χ0n) is 14.8. The molecule has 1 aliphatic rings. The van der Waals surface area contributed by atoms with E-state index in [2.05, 4.69) is 51.5 Å². The van der Waals surface area contributed by atoms with Crippen molar-refractivity contribution in [3.8, 4) is 0 Å². The Hall–Kier alpha value is -2.51. The van der Waals surface area contributed by atoms with E-state index in [1.165, 1.54) is 16.0 Å². The van der Waals surface area contributed by atoms with E-state index in [1.807, 2.05) is 0 Å². The highest BCUT2D eigenvalue weighted by molar-refractivity contribution is 7.15. The summed E-state index contributed by atoms with van der Waals surface area (Å²) in [5.74, 6) is 0.324. The number of anilines is 1. The van der Waals surface area contributed by atoms with E-state index in [0.29, 0.717) is 10.9 Å². The van der Waals surface area contributed by atoms with Crippen LogP contribution in [0.5, 0.6) is 0 Å². The van der Waals surface area contributed by atoms with Crippen molar-refractivity contribution in [2.75, 3.05) is 11.9 Å². The van der Waals surface area contributed by atoms with Crippen molar-refractivity contribution in [2.45, 2.75) is 33.4 Å². The fraction of sp³-hybridized carbons (Fsp3) is 0.316. The van der Waals surface area contributed by atoms with Gasteiger partial charge in [0.15, 0.2) is 10.8 Å². The first-order valence-electron chi connectivity index (χ1n) is 8.58. The van der Waals surface area contributed by atoms with Crippen LogP contribution in [0.3, 0.4) is 0 Å². The van der Waals surface area contributed by atoms with Gasteiger partial charge < -0.3 is 4.52 Å². The number of nitrogens with one attached hydrogen (secondary N) is 1. The SMILES string of the molecule is Cc1cc(C(=O)Nc2nc3c(s2)CN(Cc2ccccc2C)CC3)no1. The topological polar surface area (TPSA) is 71.3 Å². The van der Waals surface area contributed by atoms with Gasteiger partial charge in [-0.25, -0.2) is 4.98 Å². The van der Waals surface area contributed by atoms with Gasteiger partial charge in [-0.05, 0) is 25.0 Å². The van der Waals surface area contributed by atoms with E-state index in [4.69, 9.17) is 4.52 Å². The molecule has 4 rings (SSSR count). The van der Waals surface area contributed by atoms with E-state index in [-0.39, 0.29) is 11.6 Å². The van der Waals surface area contributed by atoms with Crippen LogP contribution in [0.25, 0.3) is 0 Å². The molecule has 0 saturated heterocycles. The van der Waals surface area contributed by atoms with Gasteiger partial charge in [0.25, 0.3) is 5.91 Å². The number of aromatic nitrogens is 2. The number of aryl methyl sites for hydroxylation is 2. The molecule has 2 aromatic heterocycles. The molecular formula is C19H20N4O2S. The van der Waals surface area contributed by atoms with Crippen molar-refractivity contribution in [1.29, 1.82) is 0 Å². The van der Waals surface area contributed by atoms with Gasteiger partial charge in [-0.15, -0.1) is 11.3 Å². The van der Waals surface area contributed by atoms with Crippen LogP contribution in [0.2, 0.25) is 0 Å². The Morgan fingerprint density at radius 3 is 2.96 bits per heavy atom. The minimum Gasteiger partial charge on any atom is -0.361 e. The molecule has 1 aliphatic heterocycles. The lowest BCUT2D eigenvalue weighted by Crippen LogP contribution is -2.29. The van der Waals surface area contributed by atoms with Gasteiger partial charge in [-0.3, -0.25) is 15.0 Å². The highest BCUT2D eigenvalue weighted by Gasteiger charge is 2.22. The number of thiazole rings is 1. The van der Waals surface area contributed by atoms with E-state index in [0.717, 1.165) is 31.7 Å². The summed E-state index contributed by atoms with van der Waals surface area (Å²) in [6.45, 7) is 6.68. The lowest BCUT2D eigenvalue weighted by molar-refractivity contribution is 0.101. The predicted molar refractivity (Wildman–Crippen MR) is 100 cm³/mol. The lowest BCUT2D eigenvalue weighted by Gasteiger charge is -2.26. The molecule has 0 radical (unpaired) electrons. The van der Waals surface area contributed by atoms with Crippen LogP contribution >= 0.6 is 11.3 Å². The second-order valence-corrected chi connectivity index (χ2v) is 7.64. The Kier molecular flexibility index (Phi) is 4.57. The van der Waals surface area contributed by atoms with Gasteiger partial charge >= 0.3 is 0 Å². The average Bonchev–Trinajstić information content (AvgIpc) is 3.22. The molecule has 1 aromatic carbocycles. The van der Waals surface area contributed by atoms with Crippen LogP contribution < -0.4 is 5.32 Å². The van der Waals surface area contributed by atoms with Crippen molar-refractivity contribution in [1.82, 2.24) is 15.0 Å². The molecule has 0 unspecified atom stereocenters. The number of carbonyl (C=O) groups is 1. The molecule has 7 heteroatoms. The number of fused-ring (bicyclic) bond motifs is 1. The molecule has 0 saturated carbocycles. The summed E-state index contributed by atoms with van der Waals surface area (Å²) in [5, 5.41) is 7.20. The van der Waals surface area contributed by atoms with Gasteiger partial charge in [0, 0.05) is 37.0 Å². The van der Waals surface area contributed by atoms with Crippen LogP contribution in [0.4, 0.5) is 5.13 Å². The Morgan fingerprint density at radius 1 is 1.35 bits per heavy atom. The largest absolute Gasteiger partial charge is 0.361 e. The lowest BCUT2D eigenvalue weighted by atomic mass is 10.1. The Labute approximate surface area is 155 Å². The minimum absolute atomic E-state index is 0.275. The van der Waals surface area contributed by atoms with Crippen molar-refractivity contribution < 1.29 is 9.32 Å². The summed E-state index contributed by atoms with van der Waals surface area (Å²) in [7, 11) is 0. The van der Waals surface area contributed by atoms with Gasteiger partial charge in [0.1, 0.15) is 5.76 Å². The Morgan fingerprint density at radius 2 is 2.19 bits per heavy atom. The molecule has 3 heterocycles. The molecular weight excluding hydrogens is 348 g/mol.